The number of nitrogens with zero attached hydrogens (tertiary/aromatic N) is 1. The number of alkyl halides is 3. The molecule has 1 N–H and O–H groups in total. The van der Waals surface area contributed by atoms with Gasteiger partial charge in [-0.3, -0.25) is 4.79 Å². The van der Waals surface area contributed by atoms with Crippen LogP contribution in [0.15, 0.2) is 48.5 Å². The molecular formula is C18H15F3N2O2. The highest BCUT2D eigenvalue weighted by Gasteiger charge is 2.32. The number of hydrogen-bond donors (Lipinski definition) is 1. The number of rotatable bonds is 4. The van der Waals surface area contributed by atoms with Crippen molar-refractivity contribution in [2.45, 2.75) is 25.6 Å². The molecular weight excluding hydrogens is 333 g/mol. The van der Waals surface area contributed by atoms with Gasteiger partial charge in [-0.15, -0.1) is 0 Å². The first kappa shape index (κ1) is 18.3. The van der Waals surface area contributed by atoms with E-state index in [1.165, 1.54) is 26.0 Å². The summed E-state index contributed by atoms with van der Waals surface area (Å²) in [7, 11) is 0. The second-order valence-corrected chi connectivity index (χ2v) is 5.78. The molecule has 0 saturated carbocycles. The lowest BCUT2D eigenvalue weighted by atomic mass is 10.1. The van der Waals surface area contributed by atoms with E-state index in [0.29, 0.717) is 11.3 Å². The van der Waals surface area contributed by atoms with Crippen LogP contribution in [0.4, 0.5) is 18.9 Å². The molecule has 0 atom stereocenters. The Morgan fingerprint density at radius 2 is 1.60 bits per heavy atom. The van der Waals surface area contributed by atoms with Crippen LogP contribution in [0.25, 0.3) is 0 Å². The minimum Gasteiger partial charge on any atom is -0.478 e. The highest BCUT2D eigenvalue weighted by atomic mass is 19.4. The molecule has 0 radical (unpaired) electrons. The van der Waals surface area contributed by atoms with E-state index in [-0.39, 0.29) is 5.69 Å². The Morgan fingerprint density at radius 1 is 1.04 bits per heavy atom. The molecule has 25 heavy (non-hydrogen) atoms. The molecule has 2 aromatic rings. The first-order valence-electron chi connectivity index (χ1n) is 7.30. The van der Waals surface area contributed by atoms with Crippen LogP contribution in [0.3, 0.4) is 0 Å². The van der Waals surface area contributed by atoms with Crippen molar-refractivity contribution in [3.63, 3.8) is 0 Å². The number of benzene rings is 2. The summed E-state index contributed by atoms with van der Waals surface area (Å²) in [6.45, 7) is 3.06. The maximum Gasteiger partial charge on any atom is 0.416 e. The molecule has 0 aliphatic rings. The van der Waals surface area contributed by atoms with Crippen LogP contribution in [-0.4, -0.2) is 11.5 Å². The predicted octanol–water partition coefficient (Wildman–Crippen LogP) is 4.37. The fraction of sp³-hybridized carbons (Fsp3) is 0.222. The van der Waals surface area contributed by atoms with E-state index in [9.17, 15) is 18.0 Å². The van der Waals surface area contributed by atoms with Gasteiger partial charge in [-0.25, -0.2) is 0 Å². The summed E-state index contributed by atoms with van der Waals surface area (Å²) in [5.41, 5.74) is -1.37. The molecule has 0 aromatic heterocycles. The third kappa shape index (κ3) is 4.73. The molecule has 0 aliphatic heterocycles. The second-order valence-electron chi connectivity index (χ2n) is 5.78. The molecule has 4 nitrogen and oxygen atoms in total. The van der Waals surface area contributed by atoms with E-state index < -0.39 is 23.2 Å². The Kier molecular flexibility index (Phi) is 5.02. The zero-order valence-electron chi connectivity index (χ0n) is 13.5. The molecule has 0 aliphatic carbocycles. The number of nitrogens with one attached hydrogen (secondary N) is 1. The summed E-state index contributed by atoms with van der Waals surface area (Å²) in [5, 5.41) is 11.3. The summed E-state index contributed by atoms with van der Waals surface area (Å²) < 4.78 is 43.2. The van der Waals surface area contributed by atoms with Gasteiger partial charge in [-0.05, 0) is 62.4 Å². The molecule has 0 bridgehead atoms. The number of nitriles is 1. The van der Waals surface area contributed by atoms with Crippen LogP contribution in [0.5, 0.6) is 5.75 Å². The fourth-order valence-electron chi connectivity index (χ4n) is 1.96. The maximum absolute atomic E-state index is 12.5. The Hall–Kier alpha value is -3.01. The number of carbonyl (C=O) groups is 1. The first-order valence-corrected chi connectivity index (χ1v) is 7.30. The number of halogens is 3. The van der Waals surface area contributed by atoms with E-state index >= 15 is 0 Å². The largest absolute Gasteiger partial charge is 0.478 e. The number of hydrogen-bond acceptors (Lipinski definition) is 3. The van der Waals surface area contributed by atoms with Gasteiger partial charge in [0.2, 0.25) is 0 Å². The molecule has 1 amide bonds. The molecule has 130 valence electrons. The van der Waals surface area contributed by atoms with Gasteiger partial charge in [-0.1, -0.05) is 0 Å². The highest BCUT2D eigenvalue weighted by molar-refractivity contribution is 5.97. The third-order valence-corrected chi connectivity index (χ3v) is 3.37. The summed E-state index contributed by atoms with van der Waals surface area (Å²) in [5.74, 6) is -0.122. The van der Waals surface area contributed by atoms with E-state index in [0.717, 1.165) is 12.1 Å². The number of anilines is 1. The van der Waals surface area contributed by atoms with Gasteiger partial charge in [0, 0.05) is 5.69 Å². The van der Waals surface area contributed by atoms with E-state index in [1.807, 2.05) is 6.07 Å². The zero-order valence-corrected chi connectivity index (χ0v) is 13.5. The van der Waals surface area contributed by atoms with Crippen LogP contribution >= 0.6 is 0 Å². The van der Waals surface area contributed by atoms with Crippen molar-refractivity contribution in [1.82, 2.24) is 0 Å². The van der Waals surface area contributed by atoms with E-state index in [1.54, 1.807) is 24.3 Å². The monoisotopic (exact) mass is 348 g/mol. The van der Waals surface area contributed by atoms with Crippen molar-refractivity contribution in [3.8, 4) is 11.8 Å². The smallest absolute Gasteiger partial charge is 0.416 e. The topological polar surface area (TPSA) is 62.1 Å². The zero-order chi connectivity index (χ0) is 18.7. The van der Waals surface area contributed by atoms with Crippen LogP contribution in [0.2, 0.25) is 0 Å². The molecule has 0 spiro atoms. The van der Waals surface area contributed by atoms with Crippen molar-refractivity contribution < 1.29 is 22.7 Å². The van der Waals surface area contributed by atoms with Gasteiger partial charge in [0.25, 0.3) is 5.91 Å². The van der Waals surface area contributed by atoms with Gasteiger partial charge in [-0.2, -0.15) is 18.4 Å². The van der Waals surface area contributed by atoms with Crippen LogP contribution < -0.4 is 10.1 Å². The van der Waals surface area contributed by atoms with Crippen molar-refractivity contribution in [2.24, 2.45) is 0 Å². The molecule has 0 saturated heterocycles. The SMILES string of the molecule is CC(C)(Oc1ccc(C#N)cc1)C(=O)Nc1ccc(C(F)(F)F)cc1. The minimum absolute atomic E-state index is 0.231. The Morgan fingerprint density at radius 3 is 2.08 bits per heavy atom. The summed E-state index contributed by atoms with van der Waals surface area (Å²) in [4.78, 5) is 12.3. The average Bonchev–Trinajstić information content (AvgIpc) is 2.55. The third-order valence-electron chi connectivity index (χ3n) is 3.37. The standard InChI is InChI=1S/C18H15F3N2O2/c1-17(2,25-15-9-3-12(11-22)4-10-15)16(24)23-14-7-5-13(6-8-14)18(19,20)21/h3-10H,1-2H3,(H,23,24). The van der Waals surface area contributed by atoms with E-state index in [4.69, 9.17) is 10.00 Å². The van der Waals surface area contributed by atoms with Gasteiger partial charge in [0.05, 0.1) is 17.2 Å². The fourth-order valence-corrected chi connectivity index (χ4v) is 1.96. The van der Waals surface area contributed by atoms with Gasteiger partial charge < -0.3 is 10.1 Å². The maximum atomic E-state index is 12.5. The van der Waals surface area contributed by atoms with Crippen molar-refractivity contribution >= 4 is 11.6 Å². The number of amides is 1. The first-order chi connectivity index (χ1) is 11.6. The quantitative estimate of drug-likeness (QED) is 0.892. The van der Waals surface area contributed by atoms with Gasteiger partial charge in [0.1, 0.15) is 5.75 Å². The van der Waals surface area contributed by atoms with Crippen LogP contribution in [0.1, 0.15) is 25.0 Å². The number of ether oxygens (including phenoxy) is 1. The summed E-state index contributed by atoms with van der Waals surface area (Å²) >= 11 is 0. The van der Waals surface area contributed by atoms with Gasteiger partial charge >= 0.3 is 6.18 Å². The average molecular weight is 348 g/mol. The summed E-state index contributed by atoms with van der Waals surface area (Å²) in [6.07, 6.45) is -4.43. The molecule has 2 rings (SSSR count). The van der Waals surface area contributed by atoms with Crippen molar-refractivity contribution in [3.05, 3.63) is 59.7 Å². The normalized spacial score (nSPS) is 11.5. The highest BCUT2D eigenvalue weighted by Crippen LogP contribution is 2.30. The van der Waals surface area contributed by atoms with Crippen LogP contribution in [0, 0.1) is 11.3 Å². The van der Waals surface area contributed by atoms with Gasteiger partial charge in [0.15, 0.2) is 5.60 Å². The predicted molar refractivity (Wildman–Crippen MR) is 85.9 cm³/mol. The molecule has 0 heterocycles. The molecule has 7 heteroatoms. The molecule has 2 aromatic carbocycles. The molecule has 0 unspecified atom stereocenters. The lowest BCUT2D eigenvalue weighted by Gasteiger charge is -2.25. The Bertz CT molecular complexity index is 789. The van der Waals surface area contributed by atoms with Crippen molar-refractivity contribution in [2.75, 3.05) is 5.32 Å². The lowest BCUT2D eigenvalue weighted by molar-refractivity contribution is -0.137. The summed E-state index contributed by atoms with van der Waals surface area (Å²) in [6, 6.07) is 12.3. The van der Waals surface area contributed by atoms with Crippen molar-refractivity contribution in [1.29, 1.82) is 5.26 Å². The lowest BCUT2D eigenvalue weighted by Crippen LogP contribution is -2.42. The minimum atomic E-state index is -4.43. The Labute approximate surface area is 142 Å². The van der Waals surface area contributed by atoms with Crippen LogP contribution in [-0.2, 0) is 11.0 Å². The Balaban J connectivity index is 2.06. The molecule has 0 fully saturated rings. The second kappa shape index (κ2) is 6.85. The van der Waals surface area contributed by atoms with E-state index in [2.05, 4.69) is 5.32 Å². The number of carbonyl (C=O) groups excluding carboxylic acids is 1.